The third kappa shape index (κ3) is 4.89. The van der Waals surface area contributed by atoms with Crippen LogP contribution in [-0.2, 0) is 16.0 Å². The first kappa shape index (κ1) is 20.1. The van der Waals surface area contributed by atoms with E-state index in [1.54, 1.807) is 24.3 Å². The van der Waals surface area contributed by atoms with Crippen LogP contribution in [0.5, 0.6) is 5.75 Å². The molecular formula is C26H19CuN4O. The normalized spacial score (nSPS) is 11.8. The Morgan fingerprint density at radius 1 is 0.531 bits per heavy atom. The van der Waals surface area contributed by atoms with E-state index in [2.05, 4.69) is 44.2 Å². The quantitative estimate of drug-likeness (QED) is 0.268. The molecule has 160 valence electrons. The summed E-state index contributed by atoms with van der Waals surface area (Å²) in [5.74, 6) is 0.259. The van der Waals surface area contributed by atoms with Crippen LogP contribution in [0.4, 0.5) is 0 Å². The van der Waals surface area contributed by atoms with Gasteiger partial charge in [-0.3, -0.25) is 0 Å². The third-order valence-corrected chi connectivity index (χ3v) is 5.16. The number of benzene rings is 1. The average molecular weight is 467 g/mol. The molecule has 32 heavy (non-hydrogen) atoms. The second-order valence-corrected chi connectivity index (χ2v) is 7.88. The van der Waals surface area contributed by atoms with Crippen LogP contribution >= 0.6 is 0 Å². The van der Waals surface area contributed by atoms with Crippen LogP contribution in [0.15, 0.2) is 72.8 Å². The molecule has 2 aliphatic heterocycles. The van der Waals surface area contributed by atoms with Crippen molar-refractivity contribution in [2.75, 3.05) is 0 Å². The Balaban J connectivity index is 0.000000230. The Labute approximate surface area is 193 Å². The van der Waals surface area contributed by atoms with E-state index in [0.29, 0.717) is 0 Å². The minimum absolute atomic E-state index is 0.259. The molecule has 0 aliphatic carbocycles. The van der Waals surface area contributed by atoms with Gasteiger partial charge < -0.3 is 9.97 Å². The second-order valence-electron chi connectivity index (χ2n) is 7.34. The number of hydrogen-bond acceptors (Lipinski definition) is 3. The molecule has 4 aromatic rings. The molecular weight excluding hydrogens is 448 g/mol. The van der Waals surface area contributed by atoms with Crippen LogP contribution in [0, 0.1) is 0 Å². The standard InChI is InChI=1S/C20H14N4.C6H5O.Cu/c1-2-14-10-16-5-6-18(23-16)12-20-8-7-19(24-20)11-17-4-3-15(22-17)9-13(1)21-14;7-6-4-2-1-3-5-6;/h1-12,21,24H;2-5,7H;. The topological polar surface area (TPSA) is 77.6 Å². The number of phenolic OH excluding ortho intramolecular Hbond substituents is 1. The molecule has 1 aromatic carbocycles. The van der Waals surface area contributed by atoms with E-state index in [1.165, 1.54) is 0 Å². The van der Waals surface area contributed by atoms with Gasteiger partial charge in [0.25, 0.3) is 0 Å². The molecule has 0 spiro atoms. The van der Waals surface area contributed by atoms with Crippen molar-refractivity contribution in [3.8, 4) is 5.75 Å². The van der Waals surface area contributed by atoms with E-state index >= 15 is 0 Å². The van der Waals surface area contributed by atoms with Crippen molar-refractivity contribution in [2.24, 2.45) is 0 Å². The van der Waals surface area contributed by atoms with Gasteiger partial charge in [-0.15, -0.1) is 0 Å². The van der Waals surface area contributed by atoms with Gasteiger partial charge in [0.05, 0.1) is 22.8 Å². The summed E-state index contributed by atoms with van der Waals surface area (Å²) in [6.45, 7) is 0. The summed E-state index contributed by atoms with van der Waals surface area (Å²) in [7, 11) is 0. The third-order valence-electron chi connectivity index (χ3n) is 4.84. The number of fused-ring (bicyclic) bond motifs is 8. The predicted octanol–water partition coefficient (Wildman–Crippen LogP) is 5.22. The SMILES string of the molecule is C1=Cc2cc3ccc(cc4nc(cc5ccc(cc1n2)[nH]5)C=C4)[nH]3.Oc1cc[c]([Cu])cc1. The maximum absolute atomic E-state index is 8.71. The minimum atomic E-state index is 0.259. The molecule has 0 unspecified atom stereocenters. The molecule has 0 saturated heterocycles. The van der Waals surface area contributed by atoms with Gasteiger partial charge in [0, 0.05) is 22.1 Å². The fraction of sp³-hybridized carbons (Fsp3) is 0. The molecule has 0 saturated carbocycles. The first-order chi connectivity index (χ1) is 15.6. The number of phenols is 1. The number of nitrogens with zero attached hydrogens (tertiary/aromatic N) is 2. The summed E-state index contributed by atoms with van der Waals surface area (Å²) in [4.78, 5) is 16.0. The molecule has 0 radical (unpaired) electrons. The van der Waals surface area contributed by atoms with Gasteiger partial charge in [-0.1, -0.05) is 0 Å². The van der Waals surface area contributed by atoms with Crippen LogP contribution in [-0.4, -0.2) is 25.0 Å². The summed E-state index contributed by atoms with van der Waals surface area (Å²) in [6, 6.07) is 22.8. The molecule has 3 aromatic heterocycles. The first-order valence-corrected chi connectivity index (χ1v) is 10.5. The summed E-state index contributed by atoms with van der Waals surface area (Å²) >= 11 is 4.90. The van der Waals surface area contributed by atoms with E-state index in [9.17, 15) is 0 Å². The molecule has 6 heteroatoms. The van der Waals surface area contributed by atoms with Crippen LogP contribution in [0.25, 0.3) is 46.4 Å². The van der Waals surface area contributed by atoms with Gasteiger partial charge in [-0.25, -0.2) is 9.97 Å². The molecule has 2 aliphatic rings. The molecule has 3 N–H and O–H groups in total. The maximum atomic E-state index is 8.71. The van der Waals surface area contributed by atoms with Crippen LogP contribution in [0.2, 0.25) is 0 Å². The Hall–Kier alpha value is -3.86. The molecule has 0 fully saturated rings. The molecule has 6 rings (SSSR count). The van der Waals surface area contributed by atoms with E-state index in [-0.39, 0.29) is 5.75 Å². The zero-order valence-corrected chi connectivity index (χ0v) is 17.8. The Morgan fingerprint density at radius 2 is 0.875 bits per heavy atom. The van der Waals surface area contributed by atoms with Crippen LogP contribution < -0.4 is 4.46 Å². The Bertz CT molecular complexity index is 1300. The van der Waals surface area contributed by atoms with Crippen molar-refractivity contribution in [3.05, 3.63) is 95.6 Å². The van der Waals surface area contributed by atoms with Gasteiger partial charge >= 0.3 is 55.6 Å². The van der Waals surface area contributed by atoms with E-state index < -0.39 is 0 Å². The zero-order chi connectivity index (χ0) is 21.9. The van der Waals surface area contributed by atoms with Crippen molar-refractivity contribution in [1.82, 2.24) is 19.9 Å². The van der Waals surface area contributed by atoms with E-state index in [0.717, 1.165) is 49.3 Å². The number of aromatic amines is 2. The molecule has 0 amide bonds. The summed E-state index contributed by atoms with van der Waals surface area (Å²) in [5, 5.41) is 8.71. The van der Waals surface area contributed by atoms with Crippen molar-refractivity contribution in [3.63, 3.8) is 0 Å². The van der Waals surface area contributed by atoms with Crippen molar-refractivity contribution in [2.45, 2.75) is 0 Å². The van der Waals surface area contributed by atoms with Crippen LogP contribution in [0.1, 0.15) is 22.8 Å². The summed E-state index contributed by atoms with van der Waals surface area (Å²) in [6.07, 6.45) is 8.09. The van der Waals surface area contributed by atoms with Gasteiger partial charge in [0.2, 0.25) is 0 Å². The van der Waals surface area contributed by atoms with E-state index in [1.807, 2.05) is 48.6 Å². The van der Waals surface area contributed by atoms with Crippen molar-refractivity contribution in [1.29, 1.82) is 0 Å². The van der Waals surface area contributed by atoms with Gasteiger partial charge in [-0.2, -0.15) is 0 Å². The number of rotatable bonds is 0. The molecule has 0 atom stereocenters. The number of nitrogens with one attached hydrogen (secondary N) is 2. The Morgan fingerprint density at radius 3 is 1.19 bits per heavy atom. The predicted molar refractivity (Wildman–Crippen MR) is 127 cm³/mol. The Kier molecular flexibility index (Phi) is 5.46. The molecule has 5 heterocycles. The summed E-state index contributed by atoms with van der Waals surface area (Å²) < 4.78 is 0.732. The van der Waals surface area contributed by atoms with Crippen molar-refractivity contribution < 1.29 is 21.1 Å². The van der Waals surface area contributed by atoms with Gasteiger partial charge in [0.1, 0.15) is 0 Å². The van der Waals surface area contributed by atoms with Crippen LogP contribution in [0.3, 0.4) is 0 Å². The van der Waals surface area contributed by atoms with Gasteiger partial charge in [0.15, 0.2) is 0 Å². The van der Waals surface area contributed by atoms with Crippen molar-refractivity contribution >= 4 is 50.8 Å². The molecule has 8 bridgehead atoms. The number of H-pyrrole nitrogens is 2. The molecule has 5 nitrogen and oxygen atoms in total. The zero-order valence-electron chi connectivity index (χ0n) is 16.9. The second kappa shape index (κ2) is 8.71. The van der Waals surface area contributed by atoms with Gasteiger partial charge in [-0.05, 0) is 72.8 Å². The monoisotopic (exact) mass is 466 g/mol. The number of aromatic hydroxyl groups is 1. The fourth-order valence-electron chi connectivity index (χ4n) is 3.37. The number of aromatic nitrogens is 4. The summed E-state index contributed by atoms with van der Waals surface area (Å²) in [5.41, 5.74) is 7.86. The fourth-order valence-corrected chi connectivity index (χ4v) is 3.53. The average Bonchev–Trinajstić information content (AvgIpc) is 3.57. The first-order valence-electron chi connectivity index (χ1n) is 10.0. The van der Waals surface area contributed by atoms with E-state index in [4.69, 9.17) is 21.1 Å². The number of hydrogen-bond donors (Lipinski definition) is 3.